The molecule has 0 aliphatic heterocycles. The Morgan fingerprint density at radius 3 is 2.14 bits per heavy atom. The maximum atomic E-state index is 12.1. The molecule has 2 aromatic carbocycles. The van der Waals surface area contributed by atoms with Crippen molar-refractivity contribution in [2.75, 3.05) is 0 Å². The van der Waals surface area contributed by atoms with Gasteiger partial charge in [-0.3, -0.25) is 9.78 Å². The van der Waals surface area contributed by atoms with Crippen molar-refractivity contribution in [2.45, 2.75) is 6.42 Å². The number of phenolic OH excluding ortho intramolecular Hbond substituents is 1. The maximum Gasteiger partial charge on any atom is 0.168 e. The van der Waals surface area contributed by atoms with Crippen LogP contribution in [-0.4, -0.2) is 15.9 Å². The first kappa shape index (κ1) is 14.0. The summed E-state index contributed by atoms with van der Waals surface area (Å²) in [6.45, 7) is 0. The van der Waals surface area contributed by atoms with Crippen molar-refractivity contribution in [1.82, 2.24) is 4.98 Å². The molecule has 3 aromatic rings. The number of benzene rings is 2. The highest BCUT2D eigenvalue weighted by atomic mass is 16.3. The van der Waals surface area contributed by atoms with Crippen LogP contribution >= 0.6 is 0 Å². The summed E-state index contributed by atoms with van der Waals surface area (Å²) in [6, 6.07) is 18.5. The monoisotopic (exact) mass is 289 g/mol. The van der Waals surface area contributed by atoms with Crippen LogP contribution in [0.4, 0.5) is 0 Å². The van der Waals surface area contributed by atoms with E-state index in [-0.39, 0.29) is 11.5 Å². The molecule has 1 N–H and O–H groups in total. The van der Waals surface area contributed by atoms with Gasteiger partial charge in [-0.1, -0.05) is 36.4 Å². The molecule has 0 radical (unpaired) electrons. The lowest BCUT2D eigenvalue weighted by Gasteiger charge is -2.05. The van der Waals surface area contributed by atoms with Crippen molar-refractivity contribution in [1.29, 1.82) is 0 Å². The summed E-state index contributed by atoms with van der Waals surface area (Å²) in [5.74, 6) is 0.313. The van der Waals surface area contributed by atoms with Crippen LogP contribution in [0.15, 0.2) is 73.1 Å². The molecule has 22 heavy (non-hydrogen) atoms. The van der Waals surface area contributed by atoms with Crippen LogP contribution in [0.3, 0.4) is 0 Å². The van der Waals surface area contributed by atoms with E-state index in [0.717, 1.165) is 16.7 Å². The standard InChI is InChI=1S/C19H15NO2/c21-18-9-7-16(8-10-18)15-5-3-14(4-6-15)12-19(22)17-2-1-11-20-13-17/h1-11,13,21H,12H2. The van der Waals surface area contributed by atoms with Gasteiger partial charge in [-0.2, -0.15) is 0 Å². The molecule has 0 fully saturated rings. The van der Waals surface area contributed by atoms with E-state index in [4.69, 9.17) is 0 Å². The van der Waals surface area contributed by atoms with Gasteiger partial charge in [0.15, 0.2) is 5.78 Å². The van der Waals surface area contributed by atoms with Gasteiger partial charge in [-0.15, -0.1) is 0 Å². The van der Waals surface area contributed by atoms with Gasteiger partial charge in [0.1, 0.15) is 5.75 Å². The first-order valence-corrected chi connectivity index (χ1v) is 7.04. The molecule has 0 spiro atoms. The highest BCUT2D eigenvalue weighted by Crippen LogP contribution is 2.22. The fourth-order valence-corrected chi connectivity index (χ4v) is 2.28. The summed E-state index contributed by atoms with van der Waals surface area (Å²) in [7, 11) is 0. The molecule has 3 rings (SSSR count). The van der Waals surface area contributed by atoms with Crippen LogP contribution in [0.25, 0.3) is 11.1 Å². The van der Waals surface area contributed by atoms with Gasteiger partial charge >= 0.3 is 0 Å². The minimum atomic E-state index is 0.0606. The Morgan fingerprint density at radius 1 is 0.909 bits per heavy atom. The smallest absolute Gasteiger partial charge is 0.168 e. The summed E-state index contributed by atoms with van der Waals surface area (Å²) in [5.41, 5.74) is 3.68. The van der Waals surface area contributed by atoms with E-state index in [1.165, 1.54) is 0 Å². The molecule has 0 aliphatic rings. The molecule has 0 unspecified atom stereocenters. The molecule has 1 heterocycles. The van der Waals surface area contributed by atoms with Crippen molar-refractivity contribution in [3.05, 3.63) is 84.2 Å². The number of hydrogen-bond donors (Lipinski definition) is 1. The molecule has 3 nitrogen and oxygen atoms in total. The second kappa shape index (κ2) is 6.22. The predicted octanol–water partition coefficient (Wildman–Crippen LogP) is 3.88. The second-order valence-corrected chi connectivity index (χ2v) is 5.09. The van der Waals surface area contributed by atoms with Crippen LogP contribution in [0.1, 0.15) is 15.9 Å². The summed E-state index contributed by atoms with van der Waals surface area (Å²) in [5, 5.41) is 9.31. The number of rotatable bonds is 4. The van der Waals surface area contributed by atoms with Crippen molar-refractivity contribution < 1.29 is 9.90 Å². The quantitative estimate of drug-likeness (QED) is 0.741. The number of aromatic hydroxyl groups is 1. The first-order chi connectivity index (χ1) is 10.7. The van der Waals surface area contributed by atoms with E-state index in [9.17, 15) is 9.90 Å². The van der Waals surface area contributed by atoms with E-state index >= 15 is 0 Å². The number of phenols is 1. The fraction of sp³-hybridized carbons (Fsp3) is 0.0526. The fourth-order valence-electron chi connectivity index (χ4n) is 2.28. The van der Waals surface area contributed by atoms with E-state index in [1.807, 2.05) is 36.4 Å². The van der Waals surface area contributed by atoms with E-state index in [1.54, 1.807) is 36.7 Å². The number of carbonyl (C=O) groups excluding carboxylic acids is 1. The lowest BCUT2D eigenvalue weighted by atomic mass is 10.0. The molecule has 108 valence electrons. The Balaban J connectivity index is 1.74. The summed E-state index contributed by atoms with van der Waals surface area (Å²) in [4.78, 5) is 16.1. The maximum absolute atomic E-state index is 12.1. The molecule has 0 amide bonds. The van der Waals surface area contributed by atoms with E-state index in [2.05, 4.69) is 4.98 Å². The normalized spacial score (nSPS) is 10.4. The van der Waals surface area contributed by atoms with Crippen LogP contribution in [0, 0.1) is 0 Å². The highest BCUT2D eigenvalue weighted by Gasteiger charge is 2.07. The van der Waals surface area contributed by atoms with Gasteiger partial charge in [-0.05, 0) is 41.0 Å². The van der Waals surface area contributed by atoms with Crippen molar-refractivity contribution in [2.24, 2.45) is 0 Å². The van der Waals surface area contributed by atoms with E-state index < -0.39 is 0 Å². The predicted molar refractivity (Wildman–Crippen MR) is 85.8 cm³/mol. The third-order valence-electron chi connectivity index (χ3n) is 3.50. The summed E-state index contributed by atoms with van der Waals surface area (Å²) in [6.07, 6.45) is 3.61. The number of carbonyl (C=O) groups is 1. The molecule has 3 heteroatoms. The molecular weight excluding hydrogens is 274 g/mol. The molecule has 0 bridgehead atoms. The van der Waals surface area contributed by atoms with Gasteiger partial charge in [-0.25, -0.2) is 0 Å². The summed E-state index contributed by atoms with van der Waals surface area (Å²) < 4.78 is 0. The zero-order valence-corrected chi connectivity index (χ0v) is 11.9. The Bertz CT molecular complexity index is 763. The number of nitrogens with zero attached hydrogens (tertiary/aromatic N) is 1. The number of Topliss-reactive ketones (excluding diaryl/α,β-unsaturated/α-hetero) is 1. The van der Waals surface area contributed by atoms with Gasteiger partial charge in [0, 0.05) is 24.4 Å². The van der Waals surface area contributed by atoms with E-state index in [0.29, 0.717) is 12.0 Å². The third kappa shape index (κ3) is 3.20. The molecule has 0 saturated carbocycles. The third-order valence-corrected chi connectivity index (χ3v) is 3.50. The average molecular weight is 289 g/mol. The Labute approximate surface area is 128 Å². The average Bonchev–Trinajstić information content (AvgIpc) is 2.57. The topological polar surface area (TPSA) is 50.2 Å². The van der Waals surface area contributed by atoms with Gasteiger partial charge < -0.3 is 5.11 Å². The second-order valence-electron chi connectivity index (χ2n) is 5.09. The minimum absolute atomic E-state index is 0.0606. The molecule has 0 saturated heterocycles. The molecular formula is C19H15NO2. The number of aromatic nitrogens is 1. The van der Waals surface area contributed by atoms with Gasteiger partial charge in [0.25, 0.3) is 0 Å². The lowest BCUT2D eigenvalue weighted by Crippen LogP contribution is -2.03. The van der Waals surface area contributed by atoms with Crippen molar-refractivity contribution in [3.63, 3.8) is 0 Å². The van der Waals surface area contributed by atoms with Crippen LogP contribution in [0.5, 0.6) is 5.75 Å². The number of pyridine rings is 1. The summed E-state index contributed by atoms with van der Waals surface area (Å²) >= 11 is 0. The van der Waals surface area contributed by atoms with Crippen LogP contribution in [-0.2, 0) is 6.42 Å². The Hall–Kier alpha value is -2.94. The Kier molecular flexibility index (Phi) is 3.97. The first-order valence-electron chi connectivity index (χ1n) is 7.04. The van der Waals surface area contributed by atoms with Crippen molar-refractivity contribution in [3.8, 4) is 16.9 Å². The zero-order chi connectivity index (χ0) is 15.4. The van der Waals surface area contributed by atoms with Crippen LogP contribution in [0.2, 0.25) is 0 Å². The molecule has 1 aromatic heterocycles. The van der Waals surface area contributed by atoms with Gasteiger partial charge in [0.05, 0.1) is 0 Å². The highest BCUT2D eigenvalue weighted by molar-refractivity contribution is 5.97. The van der Waals surface area contributed by atoms with Gasteiger partial charge in [0.2, 0.25) is 0 Å². The molecule has 0 atom stereocenters. The zero-order valence-electron chi connectivity index (χ0n) is 11.9. The number of hydrogen-bond acceptors (Lipinski definition) is 3. The largest absolute Gasteiger partial charge is 0.508 e. The lowest BCUT2D eigenvalue weighted by molar-refractivity contribution is 0.0992. The number of ketones is 1. The van der Waals surface area contributed by atoms with Crippen molar-refractivity contribution >= 4 is 5.78 Å². The minimum Gasteiger partial charge on any atom is -0.508 e. The molecule has 0 aliphatic carbocycles. The SMILES string of the molecule is O=C(Cc1ccc(-c2ccc(O)cc2)cc1)c1cccnc1. The van der Waals surface area contributed by atoms with Crippen LogP contribution < -0.4 is 0 Å². The Morgan fingerprint density at radius 2 is 1.55 bits per heavy atom.